The lowest BCUT2D eigenvalue weighted by atomic mass is 10.1. The van der Waals surface area contributed by atoms with Gasteiger partial charge in [0.25, 0.3) is 0 Å². The quantitative estimate of drug-likeness (QED) is 0.867. The summed E-state index contributed by atoms with van der Waals surface area (Å²) >= 11 is 6.07. The van der Waals surface area contributed by atoms with Gasteiger partial charge in [0.1, 0.15) is 0 Å². The summed E-state index contributed by atoms with van der Waals surface area (Å²) in [4.78, 5) is 11.8. The second kappa shape index (κ2) is 7.14. The van der Waals surface area contributed by atoms with Crippen molar-refractivity contribution in [3.63, 3.8) is 0 Å². The number of amides is 2. The van der Waals surface area contributed by atoms with Gasteiger partial charge in [0.15, 0.2) is 0 Å². The highest BCUT2D eigenvalue weighted by Crippen LogP contribution is 2.15. The molecular weight excluding hydrogens is 284 g/mol. The van der Waals surface area contributed by atoms with E-state index in [0.717, 1.165) is 21.8 Å². The fourth-order valence-electron chi connectivity index (χ4n) is 2.01. The van der Waals surface area contributed by atoms with Crippen LogP contribution in [0.1, 0.15) is 16.7 Å². The molecule has 2 amide bonds. The van der Waals surface area contributed by atoms with Gasteiger partial charge in [-0.25, -0.2) is 4.79 Å². The number of halogens is 1. The molecule has 0 aliphatic rings. The Morgan fingerprint density at radius 3 is 2.57 bits per heavy atom. The number of carbonyl (C=O) groups is 1. The van der Waals surface area contributed by atoms with Gasteiger partial charge in [-0.05, 0) is 55.2 Å². The van der Waals surface area contributed by atoms with Gasteiger partial charge < -0.3 is 10.6 Å². The zero-order valence-electron chi connectivity index (χ0n) is 12.2. The molecule has 0 fully saturated rings. The molecule has 0 radical (unpaired) electrons. The van der Waals surface area contributed by atoms with E-state index in [1.807, 2.05) is 56.3 Å². The van der Waals surface area contributed by atoms with Crippen LogP contribution in [0.15, 0.2) is 42.5 Å². The predicted molar refractivity (Wildman–Crippen MR) is 88.1 cm³/mol. The van der Waals surface area contributed by atoms with Crippen LogP contribution in [0.25, 0.3) is 0 Å². The van der Waals surface area contributed by atoms with E-state index >= 15 is 0 Å². The second-order valence-corrected chi connectivity index (χ2v) is 5.43. The molecule has 0 aromatic heterocycles. The first kappa shape index (κ1) is 15.4. The molecular formula is C17H19ClN2O. The number of benzene rings is 2. The van der Waals surface area contributed by atoms with Gasteiger partial charge in [0, 0.05) is 17.3 Å². The maximum atomic E-state index is 11.8. The van der Waals surface area contributed by atoms with Gasteiger partial charge in [-0.2, -0.15) is 0 Å². The third kappa shape index (κ3) is 4.50. The number of hydrogen-bond donors (Lipinski definition) is 2. The lowest BCUT2D eigenvalue weighted by Crippen LogP contribution is -2.30. The standard InChI is InChI=1S/C17H19ClN2O/c1-12-7-8-15(11-13(12)2)20-17(21)19-10-9-14-5-3-4-6-16(14)18/h3-8,11H,9-10H2,1-2H3,(H2,19,20,21). The third-order valence-corrected chi connectivity index (χ3v) is 3.77. The van der Waals surface area contributed by atoms with Gasteiger partial charge in [-0.15, -0.1) is 0 Å². The molecule has 2 rings (SSSR count). The van der Waals surface area contributed by atoms with Crippen LogP contribution < -0.4 is 10.6 Å². The van der Waals surface area contributed by atoms with E-state index in [0.29, 0.717) is 13.0 Å². The number of nitrogens with one attached hydrogen (secondary N) is 2. The van der Waals surface area contributed by atoms with Gasteiger partial charge in [0.2, 0.25) is 0 Å². The predicted octanol–water partition coefficient (Wildman–Crippen LogP) is 4.32. The summed E-state index contributed by atoms with van der Waals surface area (Å²) in [6.07, 6.45) is 0.708. The van der Waals surface area contributed by atoms with Crippen LogP contribution in [0.2, 0.25) is 5.02 Å². The largest absolute Gasteiger partial charge is 0.338 e. The Kier molecular flexibility index (Phi) is 5.23. The maximum Gasteiger partial charge on any atom is 0.319 e. The minimum Gasteiger partial charge on any atom is -0.338 e. The smallest absolute Gasteiger partial charge is 0.319 e. The van der Waals surface area contributed by atoms with E-state index < -0.39 is 0 Å². The number of urea groups is 1. The van der Waals surface area contributed by atoms with E-state index in [4.69, 9.17) is 11.6 Å². The van der Waals surface area contributed by atoms with E-state index in [9.17, 15) is 4.79 Å². The highest BCUT2D eigenvalue weighted by Gasteiger charge is 2.03. The van der Waals surface area contributed by atoms with Crippen LogP contribution >= 0.6 is 11.6 Å². The first-order valence-electron chi connectivity index (χ1n) is 6.92. The highest BCUT2D eigenvalue weighted by atomic mass is 35.5. The zero-order chi connectivity index (χ0) is 15.2. The van der Waals surface area contributed by atoms with Crippen molar-refractivity contribution in [2.45, 2.75) is 20.3 Å². The van der Waals surface area contributed by atoms with Crippen LogP contribution in [0.4, 0.5) is 10.5 Å². The third-order valence-electron chi connectivity index (χ3n) is 3.40. The summed E-state index contributed by atoms with van der Waals surface area (Å²) in [7, 11) is 0. The number of aryl methyl sites for hydroxylation is 2. The normalized spacial score (nSPS) is 10.2. The van der Waals surface area contributed by atoms with Gasteiger partial charge >= 0.3 is 6.03 Å². The summed E-state index contributed by atoms with van der Waals surface area (Å²) in [5.41, 5.74) is 4.20. The van der Waals surface area contributed by atoms with E-state index in [1.54, 1.807) is 0 Å². The van der Waals surface area contributed by atoms with Gasteiger partial charge in [0.05, 0.1) is 0 Å². The molecule has 21 heavy (non-hydrogen) atoms. The van der Waals surface area contributed by atoms with Gasteiger partial charge in [-0.1, -0.05) is 35.9 Å². The summed E-state index contributed by atoms with van der Waals surface area (Å²) in [5, 5.41) is 6.39. The molecule has 2 aromatic carbocycles. The monoisotopic (exact) mass is 302 g/mol. The van der Waals surface area contributed by atoms with Crippen molar-refractivity contribution in [1.29, 1.82) is 0 Å². The Morgan fingerprint density at radius 2 is 1.86 bits per heavy atom. The Bertz CT molecular complexity index is 640. The van der Waals surface area contributed by atoms with Crippen LogP contribution in [0, 0.1) is 13.8 Å². The van der Waals surface area contributed by atoms with Crippen molar-refractivity contribution >= 4 is 23.3 Å². The lowest BCUT2D eigenvalue weighted by Gasteiger charge is -2.10. The molecule has 0 aliphatic heterocycles. The van der Waals surface area contributed by atoms with Crippen LogP contribution in [0.5, 0.6) is 0 Å². The molecule has 0 heterocycles. The Hall–Kier alpha value is -2.00. The van der Waals surface area contributed by atoms with E-state index in [2.05, 4.69) is 10.6 Å². The summed E-state index contributed by atoms with van der Waals surface area (Å²) in [6.45, 7) is 4.61. The summed E-state index contributed by atoms with van der Waals surface area (Å²) in [6, 6.07) is 13.3. The van der Waals surface area contributed by atoms with Gasteiger partial charge in [-0.3, -0.25) is 0 Å². The lowest BCUT2D eigenvalue weighted by molar-refractivity contribution is 0.252. The fourth-order valence-corrected chi connectivity index (χ4v) is 2.24. The molecule has 0 aliphatic carbocycles. The van der Waals surface area contributed by atoms with E-state index in [-0.39, 0.29) is 6.03 Å². The highest BCUT2D eigenvalue weighted by molar-refractivity contribution is 6.31. The Labute approximate surface area is 130 Å². The first-order chi connectivity index (χ1) is 10.1. The Balaban J connectivity index is 1.82. The number of carbonyl (C=O) groups excluding carboxylic acids is 1. The molecule has 2 N–H and O–H groups in total. The molecule has 0 atom stereocenters. The molecule has 2 aromatic rings. The number of anilines is 1. The molecule has 0 bridgehead atoms. The SMILES string of the molecule is Cc1ccc(NC(=O)NCCc2ccccc2Cl)cc1C. The maximum absolute atomic E-state index is 11.8. The van der Waals surface area contributed by atoms with Crippen molar-refractivity contribution in [3.05, 3.63) is 64.2 Å². The van der Waals surface area contributed by atoms with Crippen LogP contribution in [0.3, 0.4) is 0 Å². The minimum absolute atomic E-state index is 0.203. The summed E-state index contributed by atoms with van der Waals surface area (Å²) in [5.74, 6) is 0. The van der Waals surface area contributed by atoms with Crippen molar-refractivity contribution in [3.8, 4) is 0 Å². The molecule has 4 heteroatoms. The van der Waals surface area contributed by atoms with Crippen LogP contribution in [-0.2, 0) is 6.42 Å². The first-order valence-corrected chi connectivity index (χ1v) is 7.29. The van der Waals surface area contributed by atoms with Crippen molar-refractivity contribution in [1.82, 2.24) is 5.32 Å². The fraction of sp³-hybridized carbons (Fsp3) is 0.235. The molecule has 3 nitrogen and oxygen atoms in total. The topological polar surface area (TPSA) is 41.1 Å². The second-order valence-electron chi connectivity index (χ2n) is 5.02. The average molecular weight is 303 g/mol. The molecule has 0 spiro atoms. The zero-order valence-corrected chi connectivity index (χ0v) is 13.0. The summed E-state index contributed by atoms with van der Waals surface area (Å²) < 4.78 is 0. The number of hydrogen-bond acceptors (Lipinski definition) is 1. The average Bonchev–Trinajstić information content (AvgIpc) is 2.45. The van der Waals surface area contributed by atoms with Crippen molar-refractivity contribution < 1.29 is 4.79 Å². The molecule has 110 valence electrons. The molecule has 0 unspecified atom stereocenters. The van der Waals surface area contributed by atoms with Crippen molar-refractivity contribution in [2.24, 2.45) is 0 Å². The van der Waals surface area contributed by atoms with E-state index in [1.165, 1.54) is 5.56 Å². The number of rotatable bonds is 4. The molecule has 0 saturated heterocycles. The molecule has 0 saturated carbocycles. The minimum atomic E-state index is -0.203. The van der Waals surface area contributed by atoms with Crippen molar-refractivity contribution in [2.75, 3.05) is 11.9 Å². The Morgan fingerprint density at radius 1 is 1.10 bits per heavy atom. The van der Waals surface area contributed by atoms with Crippen LogP contribution in [-0.4, -0.2) is 12.6 Å².